The summed E-state index contributed by atoms with van der Waals surface area (Å²) in [5, 5.41) is 10.3. The van der Waals surface area contributed by atoms with Crippen LogP contribution in [0, 0.1) is 0 Å². The standard InChI is InChI=1S/C14H21NO5S/c1-2-20-12-5-3-4-6-13(12)21(17,18)15-11-14(16)7-9-19-10-8-14/h3-6,15-16H,2,7-11H2,1H3. The third-order valence-electron chi connectivity index (χ3n) is 3.45. The zero-order valence-electron chi connectivity index (χ0n) is 12.0. The van der Waals surface area contributed by atoms with Crippen LogP contribution in [0.4, 0.5) is 0 Å². The average molecular weight is 315 g/mol. The lowest BCUT2D eigenvalue weighted by Gasteiger charge is -2.32. The van der Waals surface area contributed by atoms with E-state index in [1.807, 2.05) is 0 Å². The van der Waals surface area contributed by atoms with Crippen molar-refractivity contribution < 1.29 is 23.0 Å². The van der Waals surface area contributed by atoms with E-state index in [1.54, 1.807) is 25.1 Å². The first-order chi connectivity index (χ1) is 9.97. The van der Waals surface area contributed by atoms with Gasteiger partial charge in [0.2, 0.25) is 10.0 Å². The second-order valence-corrected chi connectivity index (χ2v) is 6.78. The highest BCUT2D eigenvalue weighted by Gasteiger charge is 2.32. The van der Waals surface area contributed by atoms with E-state index in [1.165, 1.54) is 6.07 Å². The zero-order valence-corrected chi connectivity index (χ0v) is 12.9. The molecular formula is C14H21NO5S. The van der Waals surface area contributed by atoms with Crippen molar-refractivity contribution >= 4 is 10.0 Å². The van der Waals surface area contributed by atoms with Crippen LogP contribution in [0.3, 0.4) is 0 Å². The molecule has 0 aromatic heterocycles. The summed E-state index contributed by atoms with van der Waals surface area (Å²) < 4.78 is 37.7. The van der Waals surface area contributed by atoms with Crippen LogP contribution in [0.1, 0.15) is 19.8 Å². The van der Waals surface area contributed by atoms with E-state index in [9.17, 15) is 13.5 Å². The van der Waals surface area contributed by atoms with Gasteiger partial charge >= 0.3 is 0 Å². The Balaban J connectivity index is 2.11. The second-order valence-electron chi connectivity index (χ2n) is 5.04. The van der Waals surface area contributed by atoms with E-state index in [2.05, 4.69) is 4.72 Å². The normalized spacial score (nSPS) is 18.4. The maximum atomic E-state index is 12.4. The molecule has 118 valence electrons. The van der Waals surface area contributed by atoms with Crippen LogP contribution in [-0.4, -0.2) is 45.5 Å². The Bertz CT molecular complexity index is 566. The van der Waals surface area contributed by atoms with Gasteiger partial charge in [-0.1, -0.05) is 12.1 Å². The Labute approximate surface area is 125 Å². The molecule has 2 N–H and O–H groups in total. The zero-order chi connectivity index (χ0) is 15.3. The van der Waals surface area contributed by atoms with Gasteiger partial charge in [-0.3, -0.25) is 0 Å². The minimum absolute atomic E-state index is 0.0286. The van der Waals surface area contributed by atoms with Crippen molar-refractivity contribution in [2.75, 3.05) is 26.4 Å². The molecule has 6 nitrogen and oxygen atoms in total. The minimum Gasteiger partial charge on any atom is -0.492 e. The lowest BCUT2D eigenvalue weighted by atomic mass is 9.95. The third kappa shape index (κ3) is 4.16. The third-order valence-corrected chi connectivity index (χ3v) is 4.89. The van der Waals surface area contributed by atoms with Crippen LogP contribution in [0.25, 0.3) is 0 Å². The van der Waals surface area contributed by atoms with Crippen molar-refractivity contribution in [3.63, 3.8) is 0 Å². The smallest absolute Gasteiger partial charge is 0.244 e. The molecule has 1 aliphatic rings. The van der Waals surface area contributed by atoms with Crippen LogP contribution < -0.4 is 9.46 Å². The van der Waals surface area contributed by atoms with Crippen LogP contribution in [0.5, 0.6) is 5.75 Å². The van der Waals surface area contributed by atoms with Gasteiger partial charge in [-0.05, 0) is 19.1 Å². The Morgan fingerprint density at radius 1 is 1.33 bits per heavy atom. The SMILES string of the molecule is CCOc1ccccc1S(=O)(=O)NCC1(O)CCOCC1. The molecular weight excluding hydrogens is 294 g/mol. The van der Waals surface area contributed by atoms with Gasteiger partial charge in [0.25, 0.3) is 0 Å². The largest absolute Gasteiger partial charge is 0.492 e. The van der Waals surface area contributed by atoms with Gasteiger partial charge in [0, 0.05) is 32.6 Å². The van der Waals surface area contributed by atoms with E-state index >= 15 is 0 Å². The predicted octanol–water partition coefficient (Wildman–Crippen LogP) is 0.905. The van der Waals surface area contributed by atoms with Crippen LogP contribution in [0.15, 0.2) is 29.2 Å². The van der Waals surface area contributed by atoms with Crippen molar-refractivity contribution in [2.24, 2.45) is 0 Å². The molecule has 0 bridgehead atoms. The van der Waals surface area contributed by atoms with E-state index in [4.69, 9.17) is 9.47 Å². The average Bonchev–Trinajstić information content (AvgIpc) is 2.47. The first-order valence-electron chi connectivity index (χ1n) is 6.98. The predicted molar refractivity (Wildman–Crippen MR) is 77.8 cm³/mol. The highest BCUT2D eigenvalue weighted by molar-refractivity contribution is 7.89. The van der Waals surface area contributed by atoms with Crippen molar-refractivity contribution in [2.45, 2.75) is 30.3 Å². The van der Waals surface area contributed by atoms with Gasteiger partial charge in [-0.25, -0.2) is 13.1 Å². The number of hydrogen-bond acceptors (Lipinski definition) is 5. The molecule has 1 saturated heterocycles. The second kappa shape index (κ2) is 6.74. The summed E-state index contributed by atoms with van der Waals surface area (Å²) in [6, 6.07) is 6.46. The molecule has 0 radical (unpaired) electrons. The highest BCUT2D eigenvalue weighted by atomic mass is 32.2. The molecule has 7 heteroatoms. The Kier molecular flexibility index (Phi) is 5.21. The summed E-state index contributed by atoms with van der Waals surface area (Å²) in [6.07, 6.45) is 0.839. The summed E-state index contributed by atoms with van der Waals surface area (Å²) in [7, 11) is -3.73. The first-order valence-corrected chi connectivity index (χ1v) is 8.47. The Hall–Kier alpha value is -1.15. The summed E-state index contributed by atoms with van der Waals surface area (Å²) in [5.41, 5.74) is -1.05. The molecule has 1 aromatic rings. The Morgan fingerprint density at radius 2 is 2.00 bits per heavy atom. The quantitative estimate of drug-likeness (QED) is 0.815. The van der Waals surface area contributed by atoms with E-state index < -0.39 is 15.6 Å². The minimum atomic E-state index is -3.73. The number of aliphatic hydroxyl groups is 1. The van der Waals surface area contributed by atoms with Gasteiger partial charge in [0.15, 0.2) is 0 Å². The first kappa shape index (κ1) is 16.2. The van der Waals surface area contributed by atoms with Gasteiger partial charge in [-0.2, -0.15) is 0 Å². The maximum Gasteiger partial charge on any atom is 0.244 e. The number of nitrogens with one attached hydrogen (secondary N) is 1. The van der Waals surface area contributed by atoms with Crippen LogP contribution in [-0.2, 0) is 14.8 Å². The molecule has 0 atom stereocenters. The number of benzene rings is 1. The summed E-state index contributed by atoms with van der Waals surface area (Å²) >= 11 is 0. The molecule has 0 aliphatic carbocycles. The lowest BCUT2D eigenvalue weighted by molar-refractivity contribution is -0.0588. The summed E-state index contributed by atoms with van der Waals surface area (Å²) in [4.78, 5) is 0.0857. The lowest BCUT2D eigenvalue weighted by Crippen LogP contribution is -2.46. The summed E-state index contributed by atoms with van der Waals surface area (Å²) in [5.74, 6) is 0.312. The van der Waals surface area contributed by atoms with Crippen molar-refractivity contribution in [1.29, 1.82) is 0 Å². The highest BCUT2D eigenvalue weighted by Crippen LogP contribution is 2.25. The van der Waals surface area contributed by atoms with Crippen molar-refractivity contribution in [3.8, 4) is 5.75 Å². The molecule has 1 heterocycles. The fraction of sp³-hybridized carbons (Fsp3) is 0.571. The fourth-order valence-corrected chi connectivity index (χ4v) is 3.45. The van der Waals surface area contributed by atoms with Gasteiger partial charge in [0.05, 0.1) is 12.2 Å². The van der Waals surface area contributed by atoms with Crippen LogP contribution in [0.2, 0.25) is 0 Å². The van der Waals surface area contributed by atoms with Gasteiger partial charge in [-0.15, -0.1) is 0 Å². The summed E-state index contributed by atoms with van der Waals surface area (Å²) in [6.45, 7) is 3.02. The number of rotatable bonds is 6. The van der Waals surface area contributed by atoms with Crippen molar-refractivity contribution in [3.05, 3.63) is 24.3 Å². The van der Waals surface area contributed by atoms with E-state index in [-0.39, 0.29) is 11.4 Å². The molecule has 2 rings (SSSR count). The fourth-order valence-electron chi connectivity index (χ4n) is 2.18. The molecule has 0 amide bonds. The number of para-hydroxylation sites is 1. The Morgan fingerprint density at radius 3 is 2.67 bits per heavy atom. The topological polar surface area (TPSA) is 84.9 Å². The number of hydrogen-bond donors (Lipinski definition) is 2. The maximum absolute atomic E-state index is 12.4. The molecule has 0 spiro atoms. The number of ether oxygens (including phenoxy) is 2. The molecule has 1 aliphatic heterocycles. The van der Waals surface area contributed by atoms with Gasteiger partial charge in [0.1, 0.15) is 10.6 Å². The van der Waals surface area contributed by atoms with E-state index in [0.29, 0.717) is 38.4 Å². The van der Waals surface area contributed by atoms with E-state index in [0.717, 1.165) is 0 Å². The monoisotopic (exact) mass is 315 g/mol. The molecule has 1 aromatic carbocycles. The van der Waals surface area contributed by atoms with Gasteiger partial charge < -0.3 is 14.6 Å². The van der Waals surface area contributed by atoms with Crippen LogP contribution >= 0.6 is 0 Å². The number of sulfonamides is 1. The molecule has 0 unspecified atom stereocenters. The molecule has 0 saturated carbocycles. The molecule has 1 fully saturated rings. The van der Waals surface area contributed by atoms with Crippen molar-refractivity contribution in [1.82, 2.24) is 4.72 Å². The molecule has 21 heavy (non-hydrogen) atoms.